The van der Waals surface area contributed by atoms with Crippen LogP contribution in [0.2, 0.25) is 0 Å². The molecule has 0 aliphatic carbocycles. The summed E-state index contributed by atoms with van der Waals surface area (Å²) in [4.78, 5) is 0. The Morgan fingerprint density at radius 1 is 1.25 bits per heavy atom. The van der Waals surface area contributed by atoms with Crippen molar-refractivity contribution < 1.29 is 9.47 Å². The summed E-state index contributed by atoms with van der Waals surface area (Å²) in [6.07, 6.45) is 0. The van der Waals surface area contributed by atoms with E-state index < -0.39 is 0 Å². The van der Waals surface area contributed by atoms with Crippen LogP contribution in [0, 0.1) is 0 Å². The molecule has 86 valence electrons. The first kappa shape index (κ1) is 10.2. The molecule has 3 rings (SSSR count). The largest absolute Gasteiger partial charge is 0.487 e. The van der Waals surface area contributed by atoms with Crippen LogP contribution in [0.3, 0.4) is 0 Å². The van der Waals surface area contributed by atoms with Crippen molar-refractivity contribution in [2.75, 3.05) is 0 Å². The summed E-state index contributed by atoms with van der Waals surface area (Å²) < 4.78 is 12.0. The molecule has 0 bridgehead atoms. The van der Waals surface area contributed by atoms with Crippen LogP contribution >= 0.6 is 0 Å². The lowest BCUT2D eigenvalue weighted by Gasteiger charge is -2.27. The van der Waals surface area contributed by atoms with Crippen molar-refractivity contribution in [3.8, 4) is 11.5 Å². The molecule has 2 heterocycles. The molecule has 2 atom stereocenters. The molecule has 2 aliphatic heterocycles. The van der Waals surface area contributed by atoms with Gasteiger partial charge in [0.25, 0.3) is 0 Å². The Balaban J connectivity index is 2.00. The minimum Gasteiger partial charge on any atom is -0.487 e. The summed E-state index contributed by atoms with van der Waals surface area (Å²) in [5.41, 5.74) is 1.87. The van der Waals surface area contributed by atoms with E-state index in [1.807, 2.05) is 0 Å². The van der Waals surface area contributed by atoms with Gasteiger partial charge in [-0.1, -0.05) is 26.8 Å². The second-order valence-corrected chi connectivity index (χ2v) is 8.69. The van der Waals surface area contributed by atoms with Crippen molar-refractivity contribution in [2.45, 2.75) is 44.1 Å². The van der Waals surface area contributed by atoms with Crippen LogP contribution in [0.4, 0.5) is 0 Å². The molecule has 1 fully saturated rings. The van der Waals surface area contributed by atoms with Crippen LogP contribution in [0.25, 0.3) is 0 Å². The van der Waals surface area contributed by atoms with E-state index in [0.717, 1.165) is 11.5 Å². The third-order valence-corrected chi connectivity index (χ3v) is 5.74. The van der Waals surface area contributed by atoms with Crippen molar-refractivity contribution in [3.63, 3.8) is 0 Å². The second kappa shape index (κ2) is 2.83. The van der Waals surface area contributed by atoms with Gasteiger partial charge < -0.3 is 9.47 Å². The van der Waals surface area contributed by atoms with Gasteiger partial charge in [-0.05, 0) is 30.0 Å². The van der Waals surface area contributed by atoms with Crippen molar-refractivity contribution >= 4 is 9.52 Å². The highest BCUT2D eigenvalue weighted by molar-refractivity contribution is 6.56. The molecular formula is C13H18O2Si. The number of benzene rings is 1. The van der Waals surface area contributed by atoms with E-state index >= 15 is 0 Å². The van der Waals surface area contributed by atoms with Crippen LogP contribution < -0.4 is 9.47 Å². The zero-order chi connectivity index (χ0) is 11.6. The Labute approximate surface area is 98.8 Å². The summed E-state index contributed by atoms with van der Waals surface area (Å²) >= 11 is 0. The van der Waals surface area contributed by atoms with Crippen molar-refractivity contribution in [1.29, 1.82) is 0 Å². The summed E-state index contributed by atoms with van der Waals surface area (Å²) in [5, 5.41) is 0.0729. The van der Waals surface area contributed by atoms with Gasteiger partial charge in [0, 0.05) is 0 Å². The van der Waals surface area contributed by atoms with Gasteiger partial charge in [0.1, 0.15) is 20.5 Å². The normalized spacial score (nSPS) is 32.4. The van der Waals surface area contributed by atoms with Crippen LogP contribution in [0.5, 0.6) is 11.5 Å². The van der Waals surface area contributed by atoms with Crippen LogP contribution in [-0.2, 0) is 5.41 Å². The third-order valence-electron chi connectivity index (χ3n) is 3.53. The van der Waals surface area contributed by atoms with Gasteiger partial charge in [-0.15, -0.1) is 0 Å². The Bertz CT molecular complexity index is 450. The molecule has 0 aromatic heterocycles. The van der Waals surface area contributed by atoms with E-state index in [1.165, 1.54) is 5.56 Å². The predicted octanol–water partition coefficient (Wildman–Crippen LogP) is 1.98. The summed E-state index contributed by atoms with van der Waals surface area (Å²) in [7, 11) is -0.194. The van der Waals surface area contributed by atoms with Crippen molar-refractivity contribution in [3.05, 3.63) is 23.8 Å². The fourth-order valence-corrected chi connectivity index (χ4v) is 3.43. The van der Waals surface area contributed by atoms with Gasteiger partial charge >= 0.3 is 0 Å². The summed E-state index contributed by atoms with van der Waals surface area (Å²) in [5.74, 6) is 1.87. The lowest BCUT2D eigenvalue weighted by atomic mass is 9.87. The van der Waals surface area contributed by atoms with E-state index in [4.69, 9.17) is 9.47 Å². The lowest BCUT2D eigenvalue weighted by molar-refractivity contribution is 0.100. The predicted molar refractivity (Wildman–Crippen MR) is 67.1 cm³/mol. The van der Waals surface area contributed by atoms with Crippen LogP contribution in [-0.4, -0.2) is 20.5 Å². The van der Waals surface area contributed by atoms with Gasteiger partial charge in [0.15, 0.2) is 11.5 Å². The minimum atomic E-state index is -0.194. The van der Waals surface area contributed by atoms with E-state index in [1.54, 1.807) is 0 Å². The number of ether oxygens (including phenoxy) is 2. The van der Waals surface area contributed by atoms with Gasteiger partial charge in [0.2, 0.25) is 0 Å². The maximum Gasteiger partial charge on any atom is 0.161 e. The molecule has 1 saturated heterocycles. The highest BCUT2D eigenvalue weighted by Crippen LogP contribution is 2.46. The van der Waals surface area contributed by atoms with Gasteiger partial charge in [-0.25, -0.2) is 0 Å². The third kappa shape index (κ3) is 1.45. The minimum absolute atomic E-state index is 0.0729. The van der Waals surface area contributed by atoms with Gasteiger partial charge in [-0.3, -0.25) is 0 Å². The number of rotatable bonds is 0. The summed E-state index contributed by atoms with van der Waals surface area (Å²) in [6, 6.07) is 6.35. The van der Waals surface area contributed by atoms with Gasteiger partial charge in [0.05, 0.1) is 0 Å². The molecule has 2 unspecified atom stereocenters. The summed E-state index contributed by atoms with van der Waals surface area (Å²) in [6.45, 7) is 8.83. The molecule has 3 heteroatoms. The van der Waals surface area contributed by atoms with Crippen LogP contribution in [0.15, 0.2) is 18.2 Å². The van der Waals surface area contributed by atoms with Crippen LogP contribution in [0.1, 0.15) is 33.3 Å². The topological polar surface area (TPSA) is 18.5 Å². The second-order valence-electron chi connectivity index (χ2n) is 6.14. The number of hydrogen-bond acceptors (Lipinski definition) is 2. The molecule has 0 amide bonds. The average Bonchev–Trinajstić information content (AvgIpc) is 2.81. The fourth-order valence-electron chi connectivity index (χ4n) is 2.14. The zero-order valence-corrected chi connectivity index (χ0v) is 11.7. The Hall–Kier alpha value is -0.963. The zero-order valence-electron chi connectivity index (χ0n) is 10.3. The Morgan fingerprint density at radius 3 is 2.69 bits per heavy atom. The molecule has 0 radical (unpaired) electrons. The van der Waals surface area contributed by atoms with E-state index in [-0.39, 0.29) is 20.2 Å². The molecule has 2 aliphatic rings. The first-order valence-electron chi connectivity index (χ1n) is 5.89. The van der Waals surface area contributed by atoms with Crippen molar-refractivity contribution in [2.24, 2.45) is 0 Å². The van der Waals surface area contributed by atoms with Gasteiger partial charge in [-0.2, -0.15) is 0 Å². The maximum absolute atomic E-state index is 6.07. The fraction of sp³-hybridized carbons (Fsp3) is 0.538. The molecule has 16 heavy (non-hydrogen) atoms. The molecule has 2 nitrogen and oxygen atoms in total. The highest BCUT2D eigenvalue weighted by Gasteiger charge is 2.58. The molecule has 0 N–H and O–H groups in total. The van der Waals surface area contributed by atoms with E-state index in [9.17, 15) is 0 Å². The monoisotopic (exact) mass is 234 g/mol. The first-order valence-corrected chi connectivity index (χ1v) is 7.41. The molecule has 0 saturated carbocycles. The molecule has 0 spiro atoms. The highest BCUT2D eigenvalue weighted by atomic mass is 28.2. The van der Waals surface area contributed by atoms with E-state index in [0.29, 0.717) is 5.73 Å². The average molecular weight is 234 g/mol. The van der Waals surface area contributed by atoms with E-state index in [2.05, 4.69) is 45.9 Å². The number of hydrogen-bond donors (Lipinski definition) is 0. The SMILES string of the molecule is CC(C)(C)c1ccc2c(c1)OC1(C)[SiH2]C1O2. The molecule has 1 aromatic rings. The lowest BCUT2D eigenvalue weighted by Crippen LogP contribution is -2.27. The Morgan fingerprint density at radius 2 is 2.00 bits per heavy atom. The number of fused-ring (bicyclic) bond motifs is 2. The maximum atomic E-state index is 6.07. The smallest absolute Gasteiger partial charge is 0.161 e. The Kier molecular flexibility index (Phi) is 1.81. The first-order chi connectivity index (χ1) is 7.38. The quantitative estimate of drug-likeness (QED) is 0.639. The molecular weight excluding hydrogens is 216 g/mol. The standard InChI is InChI=1S/C13H18O2Si/c1-12(2,3)8-5-6-9-10(7-8)15-13(4)11(14-9)16-13/h5-7,11H,16H2,1-4H3. The van der Waals surface area contributed by atoms with Crippen molar-refractivity contribution in [1.82, 2.24) is 0 Å². The molecule has 1 aromatic carbocycles.